The highest BCUT2D eigenvalue weighted by Crippen LogP contribution is 2.60. The van der Waals surface area contributed by atoms with E-state index in [4.69, 9.17) is 0 Å². The molecule has 0 aromatic heterocycles. The summed E-state index contributed by atoms with van der Waals surface area (Å²) in [5.74, 6) is 2.43. The van der Waals surface area contributed by atoms with E-state index in [9.17, 15) is 0 Å². The van der Waals surface area contributed by atoms with Crippen molar-refractivity contribution in [3.05, 3.63) is 17.9 Å². The molecule has 0 nitrogen and oxygen atoms in total. The van der Waals surface area contributed by atoms with Crippen LogP contribution in [-0.4, -0.2) is 0 Å². The van der Waals surface area contributed by atoms with Crippen LogP contribution in [0.15, 0.2) is 17.9 Å². The van der Waals surface area contributed by atoms with Crippen LogP contribution in [0.5, 0.6) is 0 Å². The minimum atomic E-state index is 0.440. The van der Waals surface area contributed by atoms with Crippen LogP contribution < -0.4 is 0 Å². The Labute approximate surface area is 102 Å². The zero-order valence-electron chi connectivity index (χ0n) is 11.7. The second-order valence-electron chi connectivity index (χ2n) is 5.77. The minimum Gasteiger partial charge on any atom is -0.129 e. The van der Waals surface area contributed by atoms with E-state index in [1.807, 2.05) is 0 Å². The molecular formula is C16H28. The van der Waals surface area contributed by atoms with E-state index in [2.05, 4.69) is 52.5 Å². The normalized spacial score (nSPS) is 34.1. The van der Waals surface area contributed by atoms with Gasteiger partial charge >= 0.3 is 0 Å². The molecule has 0 spiro atoms. The molecule has 1 fully saturated rings. The lowest BCUT2D eigenvalue weighted by Crippen LogP contribution is -1.92. The Morgan fingerprint density at radius 1 is 1.38 bits per heavy atom. The zero-order valence-corrected chi connectivity index (χ0v) is 11.7. The third kappa shape index (κ3) is 3.01. The second kappa shape index (κ2) is 5.73. The third-order valence-electron chi connectivity index (χ3n) is 4.50. The van der Waals surface area contributed by atoms with E-state index in [1.54, 1.807) is 0 Å². The van der Waals surface area contributed by atoms with Gasteiger partial charge in [-0.3, -0.25) is 0 Å². The van der Waals surface area contributed by atoms with Crippen molar-refractivity contribution in [2.45, 2.75) is 60.3 Å². The van der Waals surface area contributed by atoms with Gasteiger partial charge in [-0.2, -0.15) is 0 Å². The Bertz CT molecular complexity index is 270. The monoisotopic (exact) mass is 220 g/mol. The topological polar surface area (TPSA) is 0 Å². The molecule has 0 N–H and O–H groups in total. The van der Waals surface area contributed by atoms with Gasteiger partial charge in [-0.15, -0.1) is 5.73 Å². The van der Waals surface area contributed by atoms with Gasteiger partial charge in [0.25, 0.3) is 0 Å². The van der Waals surface area contributed by atoms with Crippen molar-refractivity contribution in [2.24, 2.45) is 23.2 Å². The summed E-state index contributed by atoms with van der Waals surface area (Å²) in [6, 6.07) is 0. The van der Waals surface area contributed by atoms with Crippen LogP contribution in [0.4, 0.5) is 0 Å². The summed E-state index contributed by atoms with van der Waals surface area (Å²) in [7, 11) is 0. The Morgan fingerprint density at radius 2 is 2.06 bits per heavy atom. The molecule has 0 amide bonds. The molecule has 1 aliphatic carbocycles. The van der Waals surface area contributed by atoms with Gasteiger partial charge < -0.3 is 0 Å². The molecule has 0 aliphatic heterocycles. The van der Waals surface area contributed by atoms with E-state index in [-0.39, 0.29) is 0 Å². The summed E-state index contributed by atoms with van der Waals surface area (Å²) >= 11 is 0. The first-order valence-electron chi connectivity index (χ1n) is 7.00. The maximum atomic E-state index is 3.44. The van der Waals surface area contributed by atoms with E-state index < -0.39 is 0 Å². The first-order chi connectivity index (χ1) is 7.56. The van der Waals surface area contributed by atoms with Crippen molar-refractivity contribution in [3.8, 4) is 0 Å². The van der Waals surface area contributed by atoms with Crippen LogP contribution in [0.2, 0.25) is 0 Å². The molecule has 0 radical (unpaired) electrons. The standard InChI is InChI=1S/C16H28/c1-6-8-10-13(3)11-9-12-16(5)14(4)15(16)7-2/h11-15H,6-8,10H2,1-5H3. The first kappa shape index (κ1) is 13.6. The van der Waals surface area contributed by atoms with Crippen LogP contribution in [0.25, 0.3) is 0 Å². The lowest BCUT2D eigenvalue weighted by molar-refractivity contribution is 0.594. The SMILES string of the molecule is CCCCC(C)C=C=CC1(C)C(C)C1CC. The van der Waals surface area contributed by atoms with Crippen molar-refractivity contribution in [3.63, 3.8) is 0 Å². The lowest BCUT2D eigenvalue weighted by atomic mass is 10.0. The van der Waals surface area contributed by atoms with Crippen LogP contribution >= 0.6 is 0 Å². The zero-order chi connectivity index (χ0) is 12.2. The molecule has 1 rings (SSSR count). The van der Waals surface area contributed by atoms with Gasteiger partial charge in [0.2, 0.25) is 0 Å². The fourth-order valence-corrected chi connectivity index (χ4v) is 2.90. The van der Waals surface area contributed by atoms with Crippen LogP contribution in [-0.2, 0) is 0 Å². The van der Waals surface area contributed by atoms with Gasteiger partial charge in [0.05, 0.1) is 0 Å². The molecule has 4 unspecified atom stereocenters. The molecule has 0 saturated heterocycles. The molecule has 0 bridgehead atoms. The molecule has 0 heterocycles. The highest BCUT2D eigenvalue weighted by molar-refractivity contribution is 5.16. The Balaban J connectivity index is 2.45. The number of rotatable bonds is 6. The molecule has 92 valence electrons. The molecule has 4 atom stereocenters. The largest absolute Gasteiger partial charge is 0.129 e. The smallest absolute Gasteiger partial charge is 0.00113 e. The van der Waals surface area contributed by atoms with E-state index in [1.165, 1.54) is 25.7 Å². The number of hydrogen-bond acceptors (Lipinski definition) is 0. The summed E-state index contributed by atoms with van der Waals surface area (Å²) in [4.78, 5) is 0. The predicted octanol–water partition coefficient (Wildman–Crippen LogP) is 5.21. The predicted molar refractivity (Wildman–Crippen MR) is 72.4 cm³/mol. The van der Waals surface area contributed by atoms with Gasteiger partial charge in [-0.05, 0) is 41.7 Å². The molecule has 0 aromatic rings. The maximum absolute atomic E-state index is 3.44. The average Bonchev–Trinajstić information content (AvgIpc) is 2.77. The second-order valence-corrected chi connectivity index (χ2v) is 5.77. The Kier molecular flexibility index (Phi) is 4.87. The minimum absolute atomic E-state index is 0.440. The van der Waals surface area contributed by atoms with Crippen molar-refractivity contribution in [2.75, 3.05) is 0 Å². The highest BCUT2D eigenvalue weighted by atomic mass is 14.6. The van der Waals surface area contributed by atoms with Gasteiger partial charge in [0.15, 0.2) is 0 Å². The van der Waals surface area contributed by atoms with E-state index in [0.717, 1.165) is 11.8 Å². The Morgan fingerprint density at radius 3 is 2.56 bits per heavy atom. The van der Waals surface area contributed by atoms with Crippen molar-refractivity contribution < 1.29 is 0 Å². The molecule has 1 saturated carbocycles. The summed E-state index contributed by atoms with van der Waals surface area (Å²) in [5, 5.41) is 0. The van der Waals surface area contributed by atoms with Gasteiger partial charge in [-0.1, -0.05) is 53.9 Å². The van der Waals surface area contributed by atoms with Crippen LogP contribution in [0.1, 0.15) is 60.3 Å². The molecular weight excluding hydrogens is 192 g/mol. The third-order valence-corrected chi connectivity index (χ3v) is 4.50. The average molecular weight is 220 g/mol. The number of allylic oxidation sites excluding steroid dienone is 1. The summed E-state index contributed by atoms with van der Waals surface area (Å²) in [6.45, 7) is 11.6. The van der Waals surface area contributed by atoms with E-state index >= 15 is 0 Å². The fraction of sp³-hybridized carbons (Fsp3) is 0.812. The van der Waals surface area contributed by atoms with Crippen molar-refractivity contribution >= 4 is 0 Å². The first-order valence-corrected chi connectivity index (χ1v) is 7.00. The molecule has 1 aliphatic rings. The summed E-state index contributed by atoms with van der Waals surface area (Å²) in [6.07, 6.45) is 9.84. The summed E-state index contributed by atoms with van der Waals surface area (Å²) < 4.78 is 0. The van der Waals surface area contributed by atoms with Crippen LogP contribution in [0, 0.1) is 23.2 Å². The quantitative estimate of drug-likeness (QED) is 0.539. The fourth-order valence-electron chi connectivity index (χ4n) is 2.90. The van der Waals surface area contributed by atoms with Crippen LogP contribution in [0.3, 0.4) is 0 Å². The van der Waals surface area contributed by atoms with Gasteiger partial charge in [-0.25, -0.2) is 0 Å². The maximum Gasteiger partial charge on any atom is -0.00113 e. The molecule has 0 heteroatoms. The lowest BCUT2D eigenvalue weighted by Gasteiger charge is -2.03. The number of hydrogen-bond donors (Lipinski definition) is 0. The van der Waals surface area contributed by atoms with Gasteiger partial charge in [0.1, 0.15) is 0 Å². The molecule has 0 aromatic carbocycles. The van der Waals surface area contributed by atoms with Crippen molar-refractivity contribution in [1.29, 1.82) is 0 Å². The Hall–Kier alpha value is -0.480. The van der Waals surface area contributed by atoms with Gasteiger partial charge in [0, 0.05) is 0 Å². The van der Waals surface area contributed by atoms with E-state index in [0.29, 0.717) is 11.3 Å². The number of unbranched alkanes of at least 4 members (excludes halogenated alkanes) is 1. The van der Waals surface area contributed by atoms with Crippen molar-refractivity contribution in [1.82, 2.24) is 0 Å². The summed E-state index contributed by atoms with van der Waals surface area (Å²) in [5.41, 5.74) is 3.88. The molecule has 16 heavy (non-hydrogen) atoms. The highest BCUT2D eigenvalue weighted by Gasteiger charge is 2.54.